The van der Waals surface area contributed by atoms with Crippen LogP contribution >= 0.6 is 11.3 Å². The second-order valence-electron chi connectivity index (χ2n) is 4.90. The highest BCUT2D eigenvalue weighted by molar-refractivity contribution is 7.12. The van der Waals surface area contributed by atoms with Crippen molar-refractivity contribution in [2.24, 2.45) is 5.41 Å². The van der Waals surface area contributed by atoms with Gasteiger partial charge in [-0.25, -0.2) is 0 Å². The lowest BCUT2D eigenvalue weighted by Gasteiger charge is -2.53. The highest BCUT2D eigenvalue weighted by Gasteiger charge is 2.52. The Hall–Kier alpha value is -0.340. The van der Waals surface area contributed by atoms with E-state index in [2.05, 4.69) is 32.9 Å². The van der Waals surface area contributed by atoms with E-state index in [0.29, 0.717) is 5.92 Å². The van der Waals surface area contributed by atoms with E-state index in [4.69, 9.17) is 0 Å². The number of hydrogen-bond donors (Lipinski definition) is 1. The Bertz CT molecular complexity index is 351. The van der Waals surface area contributed by atoms with Crippen LogP contribution in [0, 0.1) is 5.41 Å². The van der Waals surface area contributed by atoms with Crippen molar-refractivity contribution in [1.29, 1.82) is 0 Å². The van der Waals surface area contributed by atoms with E-state index in [0.717, 1.165) is 25.7 Å². The number of aliphatic hydroxyl groups excluding tert-OH is 1. The maximum atomic E-state index is 10.1. The molecule has 1 N–H and O–H groups in total. The number of aryl methyl sites for hydroxylation is 1. The van der Waals surface area contributed by atoms with Crippen LogP contribution in [0.1, 0.15) is 55.7 Å². The van der Waals surface area contributed by atoms with Crippen LogP contribution in [0.2, 0.25) is 0 Å². The molecule has 2 unspecified atom stereocenters. The van der Waals surface area contributed by atoms with Gasteiger partial charge in [0.15, 0.2) is 0 Å². The van der Waals surface area contributed by atoms with E-state index >= 15 is 0 Å². The Morgan fingerprint density at radius 1 is 1.31 bits per heavy atom. The minimum Gasteiger partial charge on any atom is -0.393 e. The summed E-state index contributed by atoms with van der Waals surface area (Å²) in [5.74, 6) is 0.600. The predicted octanol–water partition coefficient (Wildman–Crippen LogP) is 3.97. The Morgan fingerprint density at radius 3 is 2.44 bits per heavy atom. The Kier molecular flexibility index (Phi) is 3.41. The van der Waals surface area contributed by atoms with Crippen LogP contribution < -0.4 is 0 Å². The fourth-order valence-electron chi connectivity index (χ4n) is 3.15. The molecule has 1 aromatic heterocycles. The molecule has 2 atom stereocenters. The number of thiophene rings is 1. The SMILES string of the molecule is CCc1ccc(C2CC(O)C2(CC)CC)s1. The molecule has 0 amide bonds. The van der Waals surface area contributed by atoms with Gasteiger partial charge in [-0.05, 0) is 37.8 Å². The maximum absolute atomic E-state index is 10.1. The molecule has 0 aromatic carbocycles. The first kappa shape index (κ1) is 12.1. The van der Waals surface area contributed by atoms with Crippen molar-refractivity contribution in [3.8, 4) is 0 Å². The normalized spacial score (nSPS) is 27.8. The average Bonchev–Trinajstić information content (AvgIpc) is 2.75. The molecule has 0 bridgehead atoms. The first-order valence-corrected chi connectivity index (χ1v) is 7.26. The first-order valence-electron chi connectivity index (χ1n) is 6.44. The molecule has 0 saturated heterocycles. The van der Waals surface area contributed by atoms with Crippen LogP contribution in [-0.2, 0) is 6.42 Å². The summed E-state index contributed by atoms with van der Waals surface area (Å²) in [7, 11) is 0. The van der Waals surface area contributed by atoms with Gasteiger partial charge in [-0.3, -0.25) is 0 Å². The molecule has 1 saturated carbocycles. The summed E-state index contributed by atoms with van der Waals surface area (Å²) in [6, 6.07) is 4.53. The highest BCUT2D eigenvalue weighted by atomic mass is 32.1. The minimum atomic E-state index is -0.0836. The molecule has 1 fully saturated rings. The van der Waals surface area contributed by atoms with Gasteiger partial charge in [-0.15, -0.1) is 11.3 Å². The molecule has 0 aliphatic heterocycles. The molecular weight excluding hydrogens is 216 g/mol. The molecule has 0 spiro atoms. The zero-order valence-electron chi connectivity index (χ0n) is 10.5. The molecule has 0 radical (unpaired) electrons. The highest BCUT2D eigenvalue weighted by Crippen LogP contribution is 2.58. The van der Waals surface area contributed by atoms with Crippen molar-refractivity contribution in [2.45, 2.75) is 58.5 Å². The molecule has 90 valence electrons. The number of hydrogen-bond acceptors (Lipinski definition) is 2. The van der Waals surface area contributed by atoms with Crippen molar-refractivity contribution in [2.75, 3.05) is 0 Å². The molecule has 1 aliphatic carbocycles. The van der Waals surface area contributed by atoms with E-state index in [-0.39, 0.29) is 11.5 Å². The van der Waals surface area contributed by atoms with Gasteiger partial charge in [0.2, 0.25) is 0 Å². The summed E-state index contributed by atoms with van der Waals surface area (Å²) in [5.41, 5.74) is 0.163. The Labute approximate surface area is 103 Å². The zero-order valence-corrected chi connectivity index (χ0v) is 11.3. The minimum absolute atomic E-state index is 0.0836. The van der Waals surface area contributed by atoms with Crippen LogP contribution in [0.3, 0.4) is 0 Å². The van der Waals surface area contributed by atoms with Crippen LogP contribution in [0.15, 0.2) is 12.1 Å². The van der Waals surface area contributed by atoms with Crippen LogP contribution in [-0.4, -0.2) is 11.2 Å². The first-order chi connectivity index (χ1) is 7.67. The van der Waals surface area contributed by atoms with Crippen molar-refractivity contribution < 1.29 is 5.11 Å². The van der Waals surface area contributed by atoms with Gasteiger partial charge in [0, 0.05) is 21.1 Å². The Morgan fingerprint density at radius 2 is 2.00 bits per heavy atom. The number of rotatable bonds is 4. The van der Waals surface area contributed by atoms with Crippen molar-refractivity contribution in [1.82, 2.24) is 0 Å². The van der Waals surface area contributed by atoms with Crippen LogP contribution in [0.4, 0.5) is 0 Å². The van der Waals surface area contributed by atoms with Gasteiger partial charge in [0.25, 0.3) is 0 Å². The van der Waals surface area contributed by atoms with Gasteiger partial charge < -0.3 is 5.11 Å². The summed E-state index contributed by atoms with van der Waals surface area (Å²) in [6.45, 7) is 6.64. The Balaban J connectivity index is 2.22. The van der Waals surface area contributed by atoms with Crippen LogP contribution in [0.5, 0.6) is 0 Å². The van der Waals surface area contributed by atoms with Crippen molar-refractivity contribution in [3.63, 3.8) is 0 Å². The summed E-state index contributed by atoms with van der Waals surface area (Å²) in [5, 5.41) is 10.1. The van der Waals surface area contributed by atoms with E-state index in [1.807, 2.05) is 11.3 Å². The fraction of sp³-hybridized carbons (Fsp3) is 0.714. The molecule has 2 rings (SSSR count). The second kappa shape index (κ2) is 4.50. The quantitative estimate of drug-likeness (QED) is 0.841. The zero-order chi connectivity index (χ0) is 11.8. The van der Waals surface area contributed by atoms with Crippen molar-refractivity contribution >= 4 is 11.3 Å². The molecule has 2 heteroatoms. The summed E-state index contributed by atoms with van der Waals surface area (Å²) in [4.78, 5) is 2.96. The van der Waals surface area contributed by atoms with E-state index in [1.165, 1.54) is 9.75 Å². The molecule has 1 aromatic rings. The largest absolute Gasteiger partial charge is 0.393 e. The van der Waals surface area contributed by atoms with Gasteiger partial charge in [0.05, 0.1) is 6.10 Å². The molecule has 16 heavy (non-hydrogen) atoms. The lowest BCUT2D eigenvalue weighted by molar-refractivity contribution is -0.0920. The van der Waals surface area contributed by atoms with Gasteiger partial charge in [0.1, 0.15) is 0 Å². The van der Waals surface area contributed by atoms with E-state index in [9.17, 15) is 5.11 Å². The third kappa shape index (κ3) is 1.63. The lowest BCUT2D eigenvalue weighted by Crippen LogP contribution is -2.50. The van der Waals surface area contributed by atoms with Gasteiger partial charge in [-0.1, -0.05) is 20.8 Å². The predicted molar refractivity (Wildman–Crippen MR) is 70.1 cm³/mol. The monoisotopic (exact) mass is 238 g/mol. The fourth-order valence-corrected chi connectivity index (χ4v) is 4.34. The summed E-state index contributed by atoms with van der Waals surface area (Å²) >= 11 is 1.94. The standard InChI is InChI=1S/C14H22OS/c1-4-10-7-8-12(16-10)11-9-13(15)14(11,5-2)6-3/h7-8,11,13,15H,4-6,9H2,1-3H3. The molecule has 1 aliphatic rings. The van der Waals surface area contributed by atoms with E-state index < -0.39 is 0 Å². The second-order valence-corrected chi connectivity index (χ2v) is 6.10. The summed E-state index contributed by atoms with van der Waals surface area (Å²) < 4.78 is 0. The van der Waals surface area contributed by atoms with Gasteiger partial charge >= 0.3 is 0 Å². The number of aliphatic hydroxyl groups is 1. The molecule has 1 heterocycles. The van der Waals surface area contributed by atoms with E-state index in [1.54, 1.807) is 0 Å². The molecule has 1 nitrogen and oxygen atoms in total. The third-order valence-corrected chi connectivity index (χ3v) is 5.85. The topological polar surface area (TPSA) is 20.2 Å². The molecular formula is C14H22OS. The maximum Gasteiger partial charge on any atom is 0.0608 e. The van der Waals surface area contributed by atoms with Gasteiger partial charge in [-0.2, -0.15) is 0 Å². The lowest BCUT2D eigenvalue weighted by atomic mass is 9.54. The average molecular weight is 238 g/mol. The summed E-state index contributed by atoms with van der Waals surface area (Å²) in [6.07, 6.45) is 4.19. The smallest absolute Gasteiger partial charge is 0.0608 e. The van der Waals surface area contributed by atoms with Crippen molar-refractivity contribution in [3.05, 3.63) is 21.9 Å². The third-order valence-electron chi connectivity index (χ3n) is 4.51. The van der Waals surface area contributed by atoms with Crippen LogP contribution in [0.25, 0.3) is 0 Å².